The number of nitrogens with zero attached hydrogens (tertiary/aromatic N) is 1. The second kappa shape index (κ2) is 2.25. The fourth-order valence-corrected chi connectivity index (χ4v) is 1.59. The number of piperazine rings is 1. The standard InChI is InChI=1S/C6H13N3/c1-2-9-5-8-4-6(9)3-7-1/h6-8H,1-5H2/t6-/m0/s1. The van der Waals surface area contributed by atoms with Gasteiger partial charge in [-0.05, 0) is 0 Å². The number of nitrogens with one attached hydrogen (secondary N) is 2. The summed E-state index contributed by atoms with van der Waals surface area (Å²) in [4.78, 5) is 2.50. The van der Waals surface area contributed by atoms with Gasteiger partial charge in [0, 0.05) is 38.9 Å². The highest BCUT2D eigenvalue weighted by Crippen LogP contribution is 2.04. The van der Waals surface area contributed by atoms with Crippen LogP contribution in [0.15, 0.2) is 0 Å². The first kappa shape index (κ1) is 5.65. The van der Waals surface area contributed by atoms with E-state index in [1.165, 1.54) is 19.6 Å². The Labute approximate surface area is 55.4 Å². The van der Waals surface area contributed by atoms with Crippen molar-refractivity contribution in [3.05, 3.63) is 0 Å². The minimum atomic E-state index is 0.777. The van der Waals surface area contributed by atoms with Crippen LogP contribution in [0.25, 0.3) is 0 Å². The van der Waals surface area contributed by atoms with Crippen molar-refractivity contribution in [2.75, 3.05) is 32.8 Å². The molecular weight excluding hydrogens is 114 g/mol. The molecule has 0 bridgehead atoms. The monoisotopic (exact) mass is 127 g/mol. The predicted octanol–water partition coefficient (Wildman–Crippen LogP) is -1.18. The van der Waals surface area contributed by atoms with Gasteiger partial charge in [-0.2, -0.15) is 0 Å². The van der Waals surface area contributed by atoms with Gasteiger partial charge in [-0.1, -0.05) is 0 Å². The molecule has 2 N–H and O–H groups in total. The molecule has 0 aromatic rings. The van der Waals surface area contributed by atoms with E-state index >= 15 is 0 Å². The van der Waals surface area contributed by atoms with E-state index in [1.54, 1.807) is 0 Å². The largest absolute Gasteiger partial charge is 0.314 e. The Kier molecular flexibility index (Phi) is 1.41. The molecule has 3 nitrogen and oxygen atoms in total. The zero-order chi connectivity index (χ0) is 6.10. The van der Waals surface area contributed by atoms with Gasteiger partial charge >= 0.3 is 0 Å². The van der Waals surface area contributed by atoms with Crippen molar-refractivity contribution >= 4 is 0 Å². The van der Waals surface area contributed by atoms with Crippen molar-refractivity contribution in [2.24, 2.45) is 0 Å². The van der Waals surface area contributed by atoms with Crippen LogP contribution in [-0.2, 0) is 0 Å². The molecule has 2 aliphatic heterocycles. The molecule has 2 fully saturated rings. The summed E-state index contributed by atoms with van der Waals surface area (Å²) in [6.45, 7) is 5.84. The highest BCUT2D eigenvalue weighted by Gasteiger charge is 2.25. The van der Waals surface area contributed by atoms with Gasteiger partial charge in [0.15, 0.2) is 0 Å². The van der Waals surface area contributed by atoms with Crippen molar-refractivity contribution in [1.29, 1.82) is 0 Å². The van der Waals surface area contributed by atoms with E-state index in [-0.39, 0.29) is 0 Å². The molecule has 0 unspecified atom stereocenters. The fourth-order valence-electron chi connectivity index (χ4n) is 1.59. The lowest BCUT2D eigenvalue weighted by molar-refractivity contribution is 0.217. The van der Waals surface area contributed by atoms with Gasteiger partial charge in [-0.3, -0.25) is 4.90 Å². The first-order valence-corrected chi connectivity index (χ1v) is 3.62. The van der Waals surface area contributed by atoms with E-state index in [0.717, 1.165) is 19.3 Å². The smallest absolute Gasteiger partial charge is 0.0485 e. The van der Waals surface area contributed by atoms with Gasteiger partial charge in [0.2, 0.25) is 0 Å². The third-order valence-corrected chi connectivity index (χ3v) is 2.17. The molecule has 0 amide bonds. The normalized spacial score (nSPS) is 36.7. The maximum Gasteiger partial charge on any atom is 0.0485 e. The van der Waals surface area contributed by atoms with E-state index in [0.29, 0.717) is 0 Å². The highest BCUT2D eigenvalue weighted by molar-refractivity contribution is 4.85. The Morgan fingerprint density at radius 3 is 3.00 bits per heavy atom. The van der Waals surface area contributed by atoms with Crippen molar-refractivity contribution in [2.45, 2.75) is 6.04 Å². The summed E-state index contributed by atoms with van der Waals surface area (Å²) in [7, 11) is 0. The third kappa shape index (κ3) is 0.956. The Hall–Kier alpha value is -0.120. The summed E-state index contributed by atoms with van der Waals surface area (Å²) >= 11 is 0. The quantitative estimate of drug-likeness (QED) is 0.429. The van der Waals surface area contributed by atoms with Gasteiger partial charge in [0.1, 0.15) is 0 Å². The van der Waals surface area contributed by atoms with Crippen LogP contribution in [-0.4, -0.2) is 43.8 Å². The van der Waals surface area contributed by atoms with E-state index in [4.69, 9.17) is 0 Å². The fraction of sp³-hybridized carbons (Fsp3) is 1.00. The van der Waals surface area contributed by atoms with E-state index < -0.39 is 0 Å². The minimum Gasteiger partial charge on any atom is -0.314 e. The molecule has 0 saturated carbocycles. The minimum absolute atomic E-state index is 0.777. The SMILES string of the molecule is C1CN2CNC[C@@H]2CN1. The van der Waals surface area contributed by atoms with Crippen LogP contribution < -0.4 is 10.6 Å². The predicted molar refractivity (Wildman–Crippen MR) is 36.2 cm³/mol. The summed E-state index contributed by atoms with van der Waals surface area (Å²) < 4.78 is 0. The number of rotatable bonds is 0. The first-order chi connectivity index (χ1) is 4.47. The van der Waals surface area contributed by atoms with E-state index in [2.05, 4.69) is 15.5 Å². The maximum absolute atomic E-state index is 3.37. The third-order valence-electron chi connectivity index (χ3n) is 2.17. The van der Waals surface area contributed by atoms with Crippen molar-refractivity contribution in [3.8, 4) is 0 Å². The number of hydrogen-bond acceptors (Lipinski definition) is 3. The molecule has 2 aliphatic rings. The summed E-state index contributed by atoms with van der Waals surface area (Å²) in [6.07, 6.45) is 0. The van der Waals surface area contributed by atoms with Crippen LogP contribution in [0.2, 0.25) is 0 Å². The Morgan fingerprint density at radius 2 is 2.11 bits per heavy atom. The van der Waals surface area contributed by atoms with Crippen molar-refractivity contribution < 1.29 is 0 Å². The summed E-state index contributed by atoms with van der Waals surface area (Å²) in [5.74, 6) is 0. The molecule has 3 heteroatoms. The molecule has 0 radical (unpaired) electrons. The van der Waals surface area contributed by atoms with Gasteiger partial charge in [0.25, 0.3) is 0 Å². The van der Waals surface area contributed by atoms with E-state index in [9.17, 15) is 0 Å². The second-order valence-corrected chi connectivity index (χ2v) is 2.78. The van der Waals surface area contributed by atoms with Crippen LogP contribution in [0.5, 0.6) is 0 Å². The average molecular weight is 127 g/mol. The Balaban J connectivity index is 1.97. The molecule has 52 valence electrons. The van der Waals surface area contributed by atoms with E-state index in [1.807, 2.05) is 0 Å². The lowest BCUT2D eigenvalue weighted by Crippen LogP contribution is -2.48. The van der Waals surface area contributed by atoms with Crippen LogP contribution in [0.1, 0.15) is 0 Å². The number of hydrogen-bond donors (Lipinski definition) is 2. The van der Waals surface area contributed by atoms with Crippen LogP contribution in [0.4, 0.5) is 0 Å². The molecule has 2 heterocycles. The van der Waals surface area contributed by atoms with Crippen LogP contribution in [0.3, 0.4) is 0 Å². The van der Waals surface area contributed by atoms with Crippen molar-refractivity contribution in [3.63, 3.8) is 0 Å². The lowest BCUT2D eigenvalue weighted by atomic mass is 10.2. The average Bonchev–Trinajstić information content (AvgIpc) is 2.33. The molecule has 9 heavy (non-hydrogen) atoms. The number of fused-ring (bicyclic) bond motifs is 1. The first-order valence-electron chi connectivity index (χ1n) is 3.62. The van der Waals surface area contributed by atoms with Crippen LogP contribution in [0, 0.1) is 0 Å². The van der Waals surface area contributed by atoms with Gasteiger partial charge in [0.05, 0.1) is 0 Å². The maximum atomic E-state index is 3.37. The Bertz CT molecular complexity index is 92.5. The molecule has 1 atom stereocenters. The van der Waals surface area contributed by atoms with Gasteiger partial charge in [-0.25, -0.2) is 0 Å². The molecular formula is C6H13N3. The molecule has 2 rings (SSSR count). The molecule has 0 spiro atoms. The summed E-state index contributed by atoms with van der Waals surface area (Å²) in [5.41, 5.74) is 0. The zero-order valence-corrected chi connectivity index (χ0v) is 5.56. The Morgan fingerprint density at radius 1 is 1.22 bits per heavy atom. The molecule has 0 aromatic carbocycles. The highest BCUT2D eigenvalue weighted by atomic mass is 15.3. The molecule has 2 saturated heterocycles. The second-order valence-electron chi connectivity index (χ2n) is 2.78. The molecule has 0 aliphatic carbocycles. The molecule has 0 aromatic heterocycles. The van der Waals surface area contributed by atoms with Gasteiger partial charge < -0.3 is 10.6 Å². The zero-order valence-electron chi connectivity index (χ0n) is 5.56. The van der Waals surface area contributed by atoms with Gasteiger partial charge in [-0.15, -0.1) is 0 Å². The summed E-state index contributed by atoms with van der Waals surface area (Å²) in [5, 5.41) is 6.72. The van der Waals surface area contributed by atoms with Crippen molar-refractivity contribution in [1.82, 2.24) is 15.5 Å². The lowest BCUT2D eigenvalue weighted by Gasteiger charge is -2.28. The topological polar surface area (TPSA) is 27.3 Å². The summed E-state index contributed by atoms with van der Waals surface area (Å²) in [6, 6.07) is 0.777. The van der Waals surface area contributed by atoms with Crippen LogP contribution >= 0.6 is 0 Å².